The van der Waals surface area contributed by atoms with Crippen LogP contribution >= 0.6 is 0 Å². The zero-order valence-electron chi connectivity index (χ0n) is 18.6. The third kappa shape index (κ3) is 5.15. The number of carbonyl (C=O) groups is 1. The lowest BCUT2D eigenvalue weighted by atomic mass is 10.1. The summed E-state index contributed by atoms with van der Waals surface area (Å²) in [4.78, 5) is 16.9. The molecule has 7 nitrogen and oxygen atoms in total. The van der Waals surface area contributed by atoms with Crippen LogP contribution in [0, 0.1) is 0 Å². The third-order valence-electron chi connectivity index (χ3n) is 5.34. The summed E-state index contributed by atoms with van der Waals surface area (Å²) in [5, 5.41) is 7.65. The molecule has 0 saturated carbocycles. The Labute approximate surface area is 197 Å². The highest BCUT2D eigenvalue weighted by Crippen LogP contribution is 2.32. The van der Waals surface area contributed by atoms with E-state index in [4.69, 9.17) is 14.6 Å². The number of hydrogen-bond acceptors (Lipinski definition) is 5. The van der Waals surface area contributed by atoms with Crippen LogP contribution in [0.2, 0.25) is 0 Å². The van der Waals surface area contributed by atoms with Crippen molar-refractivity contribution >= 4 is 17.7 Å². The quantitative estimate of drug-likeness (QED) is 0.425. The van der Waals surface area contributed by atoms with Crippen LogP contribution in [0.5, 0.6) is 11.5 Å². The number of nitrogens with one attached hydrogen (secondary N) is 1. The Bertz CT molecular complexity index is 1300. The Balaban J connectivity index is 1.35. The number of benzene rings is 2. The van der Waals surface area contributed by atoms with E-state index in [2.05, 4.69) is 22.4 Å². The number of carbonyl (C=O) groups excluding carboxylic acids is 1. The van der Waals surface area contributed by atoms with E-state index < -0.39 is 0 Å². The molecular formula is C27H24N4O3. The number of nitrogens with zero attached hydrogens (tertiary/aromatic N) is 3. The smallest absolute Gasteiger partial charge is 0.248 e. The van der Waals surface area contributed by atoms with E-state index in [-0.39, 0.29) is 5.91 Å². The van der Waals surface area contributed by atoms with Crippen LogP contribution < -0.4 is 14.8 Å². The fraction of sp³-hybridized carbons (Fsp3) is 0.148. The fourth-order valence-corrected chi connectivity index (χ4v) is 3.73. The molecule has 0 spiro atoms. The van der Waals surface area contributed by atoms with Gasteiger partial charge in [-0.05, 0) is 35.9 Å². The summed E-state index contributed by atoms with van der Waals surface area (Å²) in [6, 6.07) is 19.3. The van der Waals surface area contributed by atoms with Crippen molar-refractivity contribution in [2.24, 2.45) is 0 Å². The maximum absolute atomic E-state index is 12.7. The molecule has 1 amide bonds. The van der Waals surface area contributed by atoms with Crippen LogP contribution in [0.25, 0.3) is 17.3 Å². The van der Waals surface area contributed by atoms with Gasteiger partial charge in [0, 0.05) is 54.0 Å². The molecule has 7 heteroatoms. The molecule has 1 aliphatic heterocycles. The maximum atomic E-state index is 12.7. The average Bonchev–Trinajstić information content (AvgIpc) is 3.12. The van der Waals surface area contributed by atoms with Crippen LogP contribution in [0.1, 0.15) is 17.5 Å². The number of anilines is 1. The van der Waals surface area contributed by atoms with E-state index in [1.54, 1.807) is 30.6 Å². The Hall–Kier alpha value is -4.39. The Morgan fingerprint density at radius 3 is 2.71 bits per heavy atom. The summed E-state index contributed by atoms with van der Waals surface area (Å²) in [5.74, 6) is 1.08. The van der Waals surface area contributed by atoms with Crippen LogP contribution in [0.4, 0.5) is 5.69 Å². The lowest BCUT2D eigenvalue weighted by Gasteiger charge is -2.09. The van der Waals surface area contributed by atoms with Crippen molar-refractivity contribution < 1.29 is 14.3 Å². The van der Waals surface area contributed by atoms with Crippen LogP contribution in [0.15, 0.2) is 85.3 Å². The van der Waals surface area contributed by atoms with Crippen molar-refractivity contribution in [1.82, 2.24) is 14.8 Å². The monoisotopic (exact) mass is 452 g/mol. The summed E-state index contributed by atoms with van der Waals surface area (Å²) in [5.41, 5.74) is 4.27. The van der Waals surface area contributed by atoms with Crippen LogP contribution in [0.3, 0.4) is 0 Å². The molecule has 0 bridgehead atoms. The largest absolute Gasteiger partial charge is 0.490 e. The normalized spacial score (nSPS) is 12.9. The molecule has 0 aliphatic carbocycles. The molecule has 170 valence electrons. The van der Waals surface area contributed by atoms with Gasteiger partial charge in [0.2, 0.25) is 5.91 Å². The van der Waals surface area contributed by atoms with Gasteiger partial charge in [-0.25, -0.2) is 0 Å². The summed E-state index contributed by atoms with van der Waals surface area (Å²) < 4.78 is 13.2. The van der Waals surface area contributed by atoms with Crippen molar-refractivity contribution in [3.63, 3.8) is 0 Å². The summed E-state index contributed by atoms with van der Waals surface area (Å²) >= 11 is 0. The number of fused-ring (bicyclic) bond motifs is 1. The van der Waals surface area contributed by atoms with Gasteiger partial charge in [0.15, 0.2) is 11.5 Å². The van der Waals surface area contributed by atoms with E-state index in [1.165, 1.54) is 6.08 Å². The fourth-order valence-electron chi connectivity index (χ4n) is 3.73. The standard InChI is InChI=1S/C27H24N4O3/c32-26(29-23-10-11-24-25(16-23)34-15-5-14-33-24)12-9-22-19-31(18-20-6-2-1-3-7-20)30-27(22)21-8-4-13-28-17-21/h1-4,6-13,16-17,19H,5,14-15,18H2,(H,29,32). The van der Waals surface area contributed by atoms with Crippen molar-refractivity contribution in [3.8, 4) is 22.8 Å². The van der Waals surface area contributed by atoms with Gasteiger partial charge in [0.25, 0.3) is 0 Å². The lowest BCUT2D eigenvalue weighted by Crippen LogP contribution is -2.08. The number of rotatable bonds is 6. The molecule has 2 aromatic heterocycles. The molecule has 0 radical (unpaired) electrons. The van der Waals surface area contributed by atoms with Gasteiger partial charge < -0.3 is 14.8 Å². The second kappa shape index (κ2) is 10.0. The number of ether oxygens (including phenoxy) is 2. The summed E-state index contributed by atoms with van der Waals surface area (Å²) in [7, 11) is 0. The van der Waals surface area contributed by atoms with E-state index in [9.17, 15) is 4.79 Å². The highest BCUT2D eigenvalue weighted by molar-refractivity contribution is 6.02. The zero-order chi connectivity index (χ0) is 23.2. The molecule has 4 aromatic rings. The third-order valence-corrected chi connectivity index (χ3v) is 5.34. The predicted octanol–water partition coefficient (Wildman–Crippen LogP) is 4.81. The maximum Gasteiger partial charge on any atom is 0.248 e. The molecule has 3 heterocycles. The molecule has 1 aliphatic rings. The molecule has 0 saturated heterocycles. The Morgan fingerprint density at radius 1 is 1.03 bits per heavy atom. The van der Waals surface area contributed by atoms with E-state index in [1.807, 2.05) is 47.3 Å². The molecule has 0 unspecified atom stereocenters. The highest BCUT2D eigenvalue weighted by atomic mass is 16.5. The molecule has 1 N–H and O–H groups in total. The zero-order valence-corrected chi connectivity index (χ0v) is 18.6. The SMILES string of the molecule is O=C(C=Cc1cn(Cc2ccccc2)nc1-c1cccnc1)Nc1ccc2c(c1)OCCCO2. The van der Waals surface area contributed by atoms with E-state index in [0.29, 0.717) is 36.9 Å². The minimum Gasteiger partial charge on any atom is -0.490 e. The Kier molecular flexibility index (Phi) is 6.34. The second-order valence-corrected chi connectivity index (χ2v) is 7.89. The first-order valence-electron chi connectivity index (χ1n) is 11.1. The van der Waals surface area contributed by atoms with E-state index >= 15 is 0 Å². The lowest BCUT2D eigenvalue weighted by molar-refractivity contribution is -0.111. The Morgan fingerprint density at radius 2 is 1.88 bits per heavy atom. The van der Waals surface area contributed by atoms with E-state index in [0.717, 1.165) is 28.8 Å². The molecule has 5 rings (SSSR count). The molecular weight excluding hydrogens is 428 g/mol. The number of pyridine rings is 1. The number of aromatic nitrogens is 3. The van der Waals surface area contributed by atoms with Crippen molar-refractivity contribution in [1.29, 1.82) is 0 Å². The van der Waals surface area contributed by atoms with Gasteiger partial charge in [-0.1, -0.05) is 30.3 Å². The molecule has 2 aromatic carbocycles. The first-order valence-corrected chi connectivity index (χ1v) is 11.1. The topological polar surface area (TPSA) is 78.3 Å². The second-order valence-electron chi connectivity index (χ2n) is 7.89. The molecule has 34 heavy (non-hydrogen) atoms. The summed E-state index contributed by atoms with van der Waals surface area (Å²) in [6.45, 7) is 1.85. The molecule has 0 atom stereocenters. The van der Waals surface area contributed by atoms with Crippen molar-refractivity contribution in [2.45, 2.75) is 13.0 Å². The number of amides is 1. The predicted molar refractivity (Wildman–Crippen MR) is 131 cm³/mol. The minimum absolute atomic E-state index is 0.248. The van der Waals surface area contributed by atoms with Crippen molar-refractivity contribution in [3.05, 3.63) is 96.5 Å². The molecule has 0 fully saturated rings. The number of hydrogen-bond donors (Lipinski definition) is 1. The highest BCUT2D eigenvalue weighted by Gasteiger charge is 2.13. The van der Waals surface area contributed by atoms with Crippen LogP contribution in [-0.4, -0.2) is 33.9 Å². The van der Waals surface area contributed by atoms with Crippen molar-refractivity contribution in [2.75, 3.05) is 18.5 Å². The first-order chi connectivity index (χ1) is 16.7. The summed E-state index contributed by atoms with van der Waals surface area (Å²) in [6.07, 6.45) is 9.54. The van der Waals surface area contributed by atoms with Gasteiger partial charge >= 0.3 is 0 Å². The van der Waals surface area contributed by atoms with Gasteiger partial charge in [-0.15, -0.1) is 0 Å². The first kappa shape index (κ1) is 21.5. The van der Waals surface area contributed by atoms with Gasteiger partial charge in [0.05, 0.1) is 19.8 Å². The minimum atomic E-state index is -0.248. The van der Waals surface area contributed by atoms with Gasteiger partial charge in [0.1, 0.15) is 5.69 Å². The van der Waals surface area contributed by atoms with Gasteiger partial charge in [-0.2, -0.15) is 5.10 Å². The van der Waals surface area contributed by atoms with Gasteiger partial charge in [-0.3, -0.25) is 14.5 Å². The average molecular weight is 453 g/mol. The van der Waals surface area contributed by atoms with Crippen LogP contribution in [-0.2, 0) is 11.3 Å².